The van der Waals surface area contributed by atoms with E-state index in [0.717, 1.165) is 24.8 Å². The molecule has 0 bridgehead atoms. The molecule has 0 amide bonds. The van der Waals surface area contributed by atoms with Crippen molar-refractivity contribution < 1.29 is 12.8 Å². The second-order valence-electron chi connectivity index (χ2n) is 7.30. The highest BCUT2D eigenvalue weighted by Crippen LogP contribution is 2.23. The second-order valence-corrected chi connectivity index (χ2v) is 9.21. The van der Waals surface area contributed by atoms with Crippen molar-refractivity contribution in [3.8, 4) is 0 Å². The predicted molar refractivity (Wildman–Crippen MR) is 117 cm³/mol. The molecule has 0 saturated carbocycles. The number of hydrogen-bond acceptors (Lipinski definition) is 3. The molecule has 0 unspecified atom stereocenters. The van der Waals surface area contributed by atoms with Crippen LogP contribution in [0.15, 0.2) is 58.4 Å². The molecule has 30 heavy (non-hydrogen) atoms. The highest BCUT2D eigenvalue weighted by Gasteiger charge is 2.27. The number of hydrogen-bond donors (Lipinski definition) is 2. The molecule has 8 heteroatoms. The van der Waals surface area contributed by atoms with Crippen LogP contribution in [-0.2, 0) is 23.0 Å². The average molecular weight is 433 g/mol. The van der Waals surface area contributed by atoms with Gasteiger partial charge in [-0.1, -0.05) is 36.8 Å². The van der Waals surface area contributed by atoms with Crippen molar-refractivity contribution >= 4 is 16.0 Å². The summed E-state index contributed by atoms with van der Waals surface area (Å²) in [4.78, 5) is 4.54. The van der Waals surface area contributed by atoms with Gasteiger partial charge in [0.15, 0.2) is 5.96 Å². The fourth-order valence-electron chi connectivity index (χ4n) is 3.56. The molecule has 1 heterocycles. The zero-order chi connectivity index (χ0) is 21.4. The quantitative estimate of drug-likeness (QED) is 0.521. The standard InChI is InChI=1S/C22H29FN4O2S/c1-24-22(25-13-12-18-8-7-10-20(23)16-18)26-17-19-9-3-4-11-21(19)30(28,29)27-14-5-2-6-15-27/h3-4,7-11,16H,2,5-6,12-15,17H2,1H3,(H2,24,25,26). The fourth-order valence-corrected chi connectivity index (χ4v) is 5.30. The Balaban J connectivity index is 1.60. The molecule has 3 rings (SSSR count). The van der Waals surface area contributed by atoms with E-state index in [0.29, 0.717) is 49.0 Å². The van der Waals surface area contributed by atoms with Gasteiger partial charge >= 0.3 is 0 Å². The molecule has 0 spiro atoms. The van der Waals surface area contributed by atoms with Crippen LogP contribution < -0.4 is 10.6 Å². The number of aliphatic imine (C=N–C) groups is 1. The number of halogens is 1. The molecule has 1 aliphatic rings. The van der Waals surface area contributed by atoms with Crippen LogP contribution in [0, 0.1) is 5.82 Å². The van der Waals surface area contributed by atoms with Gasteiger partial charge in [0.1, 0.15) is 5.82 Å². The van der Waals surface area contributed by atoms with Crippen molar-refractivity contribution in [1.29, 1.82) is 0 Å². The van der Waals surface area contributed by atoms with Crippen molar-refractivity contribution in [2.45, 2.75) is 37.1 Å². The lowest BCUT2D eigenvalue weighted by atomic mass is 10.1. The minimum atomic E-state index is -3.51. The van der Waals surface area contributed by atoms with Crippen LogP contribution in [-0.4, -0.2) is 45.4 Å². The molecule has 2 aromatic carbocycles. The monoisotopic (exact) mass is 432 g/mol. The third kappa shape index (κ3) is 5.79. The molecule has 2 N–H and O–H groups in total. The van der Waals surface area contributed by atoms with Crippen LogP contribution in [0.1, 0.15) is 30.4 Å². The number of sulfonamides is 1. The van der Waals surface area contributed by atoms with E-state index in [4.69, 9.17) is 0 Å². The lowest BCUT2D eigenvalue weighted by Crippen LogP contribution is -2.39. The molecular weight excluding hydrogens is 403 g/mol. The first kappa shape index (κ1) is 22.2. The van der Waals surface area contributed by atoms with Crippen LogP contribution in [0.5, 0.6) is 0 Å². The molecule has 1 aliphatic heterocycles. The van der Waals surface area contributed by atoms with Gasteiger partial charge in [0, 0.05) is 33.2 Å². The smallest absolute Gasteiger partial charge is 0.243 e. The summed E-state index contributed by atoms with van der Waals surface area (Å²) >= 11 is 0. The van der Waals surface area contributed by atoms with Gasteiger partial charge in [-0.3, -0.25) is 4.99 Å². The second kappa shape index (κ2) is 10.5. The number of piperidine rings is 1. The van der Waals surface area contributed by atoms with E-state index < -0.39 is 10.0 Å². The van der Waals surface area contributed by atoms with Crippen LogP contribution in [0.3, 0.4) is 0 Å². The molecular formula is C22H29FN4O2S. The van der Waals surface area contributed by atoms with Gasteiger partial charge in [-0.2, -0.15) is 4.31 Å². The van der Waals surface area contributed by atoms with Gasteiger partial charge in [0.2, 0.25) is 10.0 Å². The largest absolute Gasteiger partial charge is 0.356 e. The van der Waals surface area contributed by atoms with Crippen LogP contribution >= 0.6 is 0 Å². The van der Waals surface area contributed by atoms with Crippen molar-refractivity contribution in [1.82, 2.24) is 14.9 Å². The maximum absolute atomic E-state index is 13.3. The molecule has 6 nitrogen and oxygen atoms in total. The Morgan fingerprint density at radius 3 is 2.57 bits per heavy atom. The Labute approximate surface area is 178 Å². The fraction of sp³-hybridized carbons (Fsp3) is 0.409. The van der Waals surface area contributed by atoms with E-state index in [-0.39, 0.29) is 5.82 Å². The van der Waals surface area contributed by atoms with E-state index in [1.54, 1.807) is 29.6 Å². The van der Waals surface area contributed by atoms with Crippen LogP contribution in [0.4, 0.5) is 4.39 Å². The number of nitrogens with zero attached hydrogens (tertiary/aromatic N) is 2. The van der Waals surface area contributed by atoms with E-state index in [1.165, 1.54) is 12.1 Å². The van der Waals surface area contributed by atoms with Crippen molar-refractivity contribution in [2.75, 3.05) is 26.7 Å². The first-order chi connectivity index (χ1) is 14.5. The van der Waals surface area contributed by atoms with Crippen molar-refractivity contribution in [3.05, 3.63) is 65.5 Å². The third-order valence-electron chi connectivity index (χ3n) is 5.17. The summed E-state index contributed by atoms with van der Waals surface area (Å²) in [5, 5.41) is 6.37. The maximum Gasteiger partial charge on any atom is 0.243 e. The highest BCUT2D eigenvalue weighted by molar-refractivity contribution is 7.89. The van der Waals surface area contributed by atoms with Gasteiger partial charge in [-0.05, 0) is 48.6 Å². The van der Waals surface area contributed by atoms with Gasteiger partial charge in [-0.15, -0.1) is 0 Å². The van der Waals surface area contributed by atoms with Crippen molar-refractivity contribution in [2.24, 2.45) is 4.99 Å². The highest BCUT2D eigenvalue weighted by atomic mass is 32.2. The molecule has 0 aromatic heterocycles. The van der Waals surface area contributed by atoms with Gasteiger partial charge in [0.05, 0.1) is 4.90 Å². The number of benzene rings is 2. The number of guanidine groups is 1. The minimum absolute atomic E-state index is 0.249. The molecule has 162 valence electrons. The predicted octanol–water partition coefficient (Wildman–Crippen LogP) is 2.91. The van der Waals surface area contributed by atoms with Crippen LogP contribution in [0.25, 0.3) is 0 Å². The molecule has 0 aliphatic carbocycles. The zero-order valence-corrected chi connectivity index (χ0v) is 18.1. The topological polar surface area (TPSA) is 73.8 Å². The van der Waals surface area contributed by atoms with Gasteiger partial charge in [0.25, 0.3) is 0 Å². The molecule has 1 fully saturated rings. The SMILES string of the molecule is CN=C(NCCc1cccc(F)c1)NCc1ccccc1S(=O)(=O)N1CCCCC1. The lowest BCUT2D eigenvalue weighted by molar-refractivity contribution is 0.346. The first-order valence-corrected chi connectivity index (χ1v) is 11.7. The number of rotatable bonds is 7. The van der Waals surface area contributed by atoms with E-state index in [9.17, 15) is 12.8 Å². The Morgan fingerprint density at radius 1 is 1.07 bits per heavy atom. The van der Waals surface area contributed by atoms with E-state index in [1.807, 2.05) is 18.2 Å². The van der Waals surface area contributed by atoms with Gasteiger partial charge < -0.3 is 10.6 Å². The van der Waals surface area contributed by atoms with Crippen LogP contribution in [0.2, 0.25) is 0 Å². The maximum atomic E-state index is 13.3. The lowest BCUT2D eigenvalue weighted by Gasteiger charge is -2.27. The summed E-state index contributed by atoms with van der Waals surface area (Å²) in [6.45, 7) is 2.07. The first-order valence-electron chi connectivity index (χ1n) is 10.3. The van der Waals surface area contributed by atoms with E-state index in [2.05, 4.69) is 15.6 Å². The van der Waals surface area contributed by atoms with Gasteiger partial charge in [-0.25, -0.2) is 12.8 Å². The van der Waals surface area contributed by atoms with Crippen molar-refractivity contribution in [3.63, 3.8) is 0 Å². The summed E-state index contributed by atoms with van der Waals surface area (Å²) in [7, 11) is -1.85. The molecule has 0 atom stereocenters. The third-order valence-corrected chi connectivity index (χ3v) is 7.17. The van der Waals surface area contributed by atoms with E-state index >= 15 is 0 Å². The summed E-state index contributed by atoms with van der Waals surface area (Å²) in [6.07, 6.45) is 3.54. The molecule has 2 aromatic rings. The zero-order valence-electron chi connectivity index (χ0n) is 17.3. The Morgan fingerprint density at radius 2 is 1.83 bits per heavy atom. The summed E-state index contributed by atoms with van der Waals surface area (Å²) < 4.78 is 41.1. The Kier molecular flexibility index (Phi) is 7.81. The minimum Gasteiger partial charge on any atom is -0.356 e. The number of nitrogens with one attached hydrogen (secondary N) is 2. The summed E-state index contributed by atoms with van der Waals surface area (Å²) in [6, 6.07) is 13.6. The molecule has 1 saturated heterocycles. The Hall–Kier alpha value is -2.45. The Bertz CT molecular complexity index is 973. The average Bonchev–Trinajstić information content (AvgIpc) is 2.77. The summed E-state index contributed by atoms with van der Waals surface area (Å²) in [5.74, 6) is 0.318. The summed E-state index contributed by atoms with van der Waals surface area (Å²) in [5.41, 5.74) is 1.60. The molecule has 0 radical (unpaired) electrons. The normalized spacial score (nSPS) is 15.7.